The van der Waals surface area contributed by atoms with Gasteiger partial charge >= 0.3 is 42.1 Å². The Bertz CT molecular complexity index is 4290. The van der Waals surface area contributed by atoms with Gasteiger partial charge < -0.3 is 13.7 Å². The fourth-order valence-electron chi connectivity index (χ4n) is 12.0. The van der Waals surface area contributed by atoms with Gasteiger partial charge in [0.2, 0.25) is 0 Å². The second-order valence-electron chi connectivity index (χ2n) is 18.5. The minimum atomic E-state index is -0.149. The van der Waals surface area contributed by atoms with Crippen molar-refractivity contribution >= 4 is 112 Å². The van der Waals surface area contributed by atoms with E-state index in [0.29, 0.717) is 5.95 Å². The summed E-state index contributed by atoms with van der Waals surface area (Å²) >= 11 is 0. The van der Waals surface area contributed by atoms with Crippen LogP contribution in [0.5, 0.6) is 0 Å². The first-order valence-corrected chi connectivity index (χ1v) is 23.8. The molecule has 0 radical (unpaired) electrons. The Morgan fingerprint density at radius 3 is 1.30 bits per heavy atom. The number of rotatable bonds is 5. The normalized spacial score (nSPS) is 12.4. The van der Waals surface area contributed by atoms with Gasteiger partial charge in [-0.3, -0.25) is 0 Å². The maximum absolute atomic E-state index is 4.85. The van der Waals surface area contributed by atoms with Crippen LogP contribution in [0, 0.1) is 24.3 Å². The molecule has 73 heavy (non-hydrogen) atoms. The van der Waals surface area contributed by atoms with Gasteiger partial charge in [-0.2, -0.15) is 98.4 Å². The number of pyridine rings is 2. The molecule has 0 saturated heterocycles. The molecule has 0 fully saturated rings. The van der Waals surface area contributed by atoms with Crippen molar-refractivity contribution in [2.45, 2.75) is 0 Å². The molecular formula is C61H32B2N8Pt2. The topological polar surface area (TPSA) is 79.2 Å². The Labute approximate surface area is 448 Å². The van der Waals surface area contributed by atoms with Crippen LogP contribution in [-0.2, 0) is 42.1 Å². The van der Waals surface area contributed by atoms with E-state index in [4.69, 9.17) is 15.0 Å². The molecule has 0 bridgehead atoms. The smallest absolute Gasteiger partial charge is 0.327 e. The van der Waals surface area contributed by atoms with Crippen molar-refractivity contribution in [3.05, 3.63) is 219 Å². The zero-order valence-corrected chi connectivity index (χ0v) is 42.9. The molecule has 8 heterocycles. The Morgan fingerprint density at radius 2 is 0.822 bits per heavy atom. The van der Waals surface area contributed by atoms with Crippen LogP contribution in [0.25, 0.3) is 105 Å². The van der Waals surface area contributed by atoms with Crippen LogP contribution < -0.4 is 32.8 Å². The first kappa shape index (κ1) is 43.7. The van der Waals surface area contributed by atoms with E-state index in [1.807, 2.05) is 36.7 Å². The van der Waals surface area contributed by atoms with Crippen LogP contribution in [0.15, 0.2) is 195 Å². The van der Waals surface area contributed by atoms with E-state index in [0.717, 1.165) is 110 Å². The molecule has 8 aromatic carbocycles. The Morgan fingerprint density at radius 1 is 0.356 bits per heavy atom. The van der Waals surface area contributed by atoms with Crippen LogP contribution in [0.2, 0.25) is 0 Å². The Balaban J connectivity index is 0.00000247. The fraction of sp³-hybridized carbons (Fsp3) is 0. The van der Waals surface area contributed by atoms with Crippen molar-refractivity contribution in [3.8, 4) is 39.8 Å². The first-order valence-electron chi connectivity index (χ1n) is 23.8. The summed E-state index contributed by atoms with van der Waals surface area (Å²) < 4.78 is 6.57. The van der Waals surface area contributed by atoms with E-state index in [1.54, 1.807) is 12.4 Å². The van der Waals surface area contributed by atoms with Crippen molar-refractivity contribution in [1.29, 1.82) is 0 Å². The molecule has 12 heteroatoms. The minimum absolute atomic E-state index is 0. The van der Waals surface area contributed by atoms with E-state index in [2.05, 4.69) is 194 Å². The van der Waals surface area contributed by atoms with E-state index in [-0.39, 0.29) is 55.6 Å². The molecule has 0 amide bonds. The van der Waals surface area contributed by atoms with Crippen molar-refractivity contribution in [3.63, 3.8) is 0 Å². The molecular weight excluding hydrogens is 1260 g/mol. The molecule has 0 unspecified atom stereocenters. The van der Waals surface area contributed by atoms with E-state index < -0.39 is 0 Å². The van der Waals surface area contributed by atoms with Crippen LogP contribution in [0.1, 0.15) is 0 Å². The first-order chi connectivity index (χ1) is 35.2. The molecule has 2 aliphatic rings. The molecule has 0 N–H and O–H groups in total. The molecule has 0 saturated carbocycles. The van der Waals surface area contributed by atoms with Crippen LogP contribution in [-0.4, -0.2) is 52.3 Å². The predicted octanol–water partition coefficient (Wildman–Crippen LogP) is 8.14. The van der Waals surface area contributed by atoms with Gasteiger partial charge in [-0.25, -0.2) is 15.0 Å². The summed E-state index contributed by atoms with van der Waals surface area (Å²) in [5.41, 5.74) is 17.3. The van der Waals surface area contributed by atoms with Gasteiger partial charge in [0.05, 0.1) is 12.4 Å². The zero-order chi connectivity index (χ0) is 46.3. The van der Waals surface area contributed by atoms with E-state index >= 15 is 0 Å². The maximum Gasteiger partial charge on any atom is 2.00 e. The summed E-state index contributed by atoms with van der Waals surface area (Å²) in [7, 11) is 0. The van der Waals surface area contributed by atoms with Crippen LogP contribution in [0.3, 0.4) is 0 Å². The molecule has 16 rings (SSSR count). The third kappa shape index (κ3) is 6.27. The molecule has 0 aliphatic carbocycles. The van der Waals surface area contributed by atoms with Crippen LogP contribution >= 0.6 is 0 Å². The molecule has 342 valence electrons. The summed E-state index contributed by atoms with van der Waals surface area (Å²) in [4.78, 5) is 14.5. The predicted molar refractivity (Wildman–Crippen MR) is 287 cm³/mol. The maximum atomic E-state index is 4.85. The Kier molecular flexibility index (Phi) is 10.1. The summed E-state index contributed by atoms with van der Waals surface area (Å²) in [5, 5.41) is 15.7. The average molecular weight is 1290 g/mol. The monoisotopic (exact) mass is 1290 g/mol. The number of nitrogens with zero attached hydrogens (tertiary/aromatic N) is 8. The van der Waals surface area contributed by atoms with Gasteiger partial charge in [-0.05, 0) is 47.2 Å². The number of para-hydroxylation sites is 2. The second kappa shape index (κ2) is 16.8. The van der Waals surface area contributed by atoms with Gasteiger partial charge in [-0.15, -0.1) is 27.0 Å². The number of fused-ring (bicyclic) bond motifs is 15. The van der Waals surface area contributed by atoms with Gasteiger partial charge in [0.1, 0.15) is 11.6 Å². The summed E-state index contributed by atoms with van der Waals surface area (Å²) in [6.07, 6.45) is 7.02. The number of aromatic nitrogens is 8. The molecule has 0 spiro atoms. The Hall–Kier alpha value is -8.02. The van der Waals surface area contributed by atoms with Crippen molar-refractivity contribution < 1.29 is 42.1 Å². The van der Waals surface area contributed by atoms with Crippen molar-refractivity contribution in [2.24, 2.45) is 0 Å². The molecule has 6 aromatic heterocycles. The summed E-state index contributed by atoms with van der Waals surface area (Å²) in [6, 6.07) is 76.4. The molecule has 14 aromatic rings. The molecule has 0 atom stereocenters. The third-order valence-corrected chi connectivity index (χ3v) is 14.9. The van der Waals surface area contributed by atoms with Gasteiger partial charge in [0.15, 0.2) is 13.4 Å². The summed E-state index contributed by atoms with van der Waals surface area (Å²) in [6.45, 7) is -0.298. The fourth-order valence-corrected chi connectivity index (χ4v) is 12.0. The van der Waals surface area contributed by atoms with Crippen molar-refractivity contribution in [2.75, 3.05) is 0 Å². The van der Waals surface area contributed by atoms with Crippen LogP contribution in [0.4, 0.5) is 0 Å². The van der Waals surface area contributed by atoms with Gasteiger partial charge in [0.25, 0.3) is 5.95 Å². The minimum Gasteiger partial charge on any atom is -0.327 e. The molecule has 8 nitrogen and oxygen atoms in total. The average Bonchev–Trinajstić information content (AvgIpc) is 4.21. The van der Waals surface area contributed by atoms with E-state index in [9.17, 15) is 0 Å². The van der Waals surface area contributed by atoms with E-state index in [1.165, 1.54) is 22.1 Å². The largest absolute Gasteiger partial charge is 2.00 e. The number of benzene rings is 8. The molecule has 2 aliphatic heterocycles. The number of hydrogen-bond acceptors (Lipinski definition) is 5. The second-order valence-corrected chi connectivity index (χ2v) is 18.5. The zero-order valence-electron chi connectivity index (χ0n) is 38.3. The van der Waals surface area contributed by atoms with Crippen molar-refractivity contribution in [1.82, 2.24) is 38.9 Å². The number of hydrogen-bond donors (Lipinski definition) is 0. The third-order valence-electron chi connectivity index (χ3n) is 14.9. The SMILES string of the molecule is [Pt+2].[Pt+2].[c-]1c2c(cc3c4cc5c([c-]c4n(-c4nccnn4)c13)B(c1[c-]c3c(cc1)c1ccccc1n3-c1ccccn1)c1ccccc1-5)-c1ccccc1B2c1[c-]c2c(cc1)c1ccccc1n2-c1ccccn1. The summed E-state index contributed by atoms with van der Waals surface area (Å²) in [5.74, 6) is 2.17. The standard InChI is InChI=1S/C61H32B2N8.2Pt/c1-5-17-49-39(13-1)45-33-47-48-34-46-40-14-2-6-18-50(40)63(38-24-26-44-42-16-4-8-20-54(42)70(56(44)32-38)60-22-10-12-28-65-60)52(46)36-58(48)71(61-66-29-30-67-68-61)57(47)35-51(45)62(49)37-23-25-43-41-15-3-7-19-53(41)69(55(43)31-37)59-21-9-11-27-64-59;;/h1-30,33-34H;;/q-4;2*+2. The van der Waals surface area contributed by atoms with Gasteiger partial charge in [-0.1, -0.05) is 141 Å². The quantitative estimate of drug-likeness (QED) is 0.129. The van der Waals surface area contributed by atoms with Gasteiger partial charge in [0, 0.05) is 23.4 Å².